The summed E-state index contributed by atoms with van der Waals surface area (Å²) in [5.41, 5.74) is 0.623. The van der Waals surface area contributed by atoms with Gasteiger partial charge in [0.15, 0.2) is 5.78 Å². The summed E-state index contributed by atoms with van der Waals surface area (Å²) >= 11 is 0. The molecule has 0 radical (unpaired) electrons. The lowest BCUT2D eigenvalue weighted by Crippen LogP contribution is -2.13. The third-order valence-corrected chi connectivity index (χ3v) is 2.88. The van der Waals surface area contributed by atoms with E-state index in [0.29, 0.717) is 5.56 Å². The number of Topliss-reactive ketones (excluding diaryl/α,β-unsaturated/α-hetero) is 1. The van der Waals surface area contributed by atoms with Gasteiger partial charge in [0.2, 0.25) is 0 Å². The van der Waals surface area contributed by atoms with Crippen molar-refractivity contribution in [2.24, 2.45) is 0 Å². The van der Waals surface area contributed by atoms with E-state index in [4.69, 9.17) is 4.74 Å². The minimum atomic E-state index is -0.631. The average Bonchev–Trinajstić information content (AvgIpc) is 2.67. The molecule has 6 heteroatoms. The molecule has 1 aromatic carbocycles. The van der Waals surface area contributed by atoms with E-state index in [0.717, 1.165) is 0 Å². The number of nitro groups is 1. The molecule has 1 aromatic rings. The van der Waals surface area contributed by atoms with Crippen LogP contribution in [0.5, 0.6) is 0 Å². The van der Waals surface area contributed by atoms with Crippen molar-refractivity contribution in [2.75, 3.05) is 6.61 Å². The molecule has 0 saturated carbocycles. The lowest BCUT2D eigenvalue weighted by molar-refractivity contribution is -0.384. The zero-order chi connectivity index (χ0) is 13.3. The lowest BCUT2D eigenvalue weighted by Gasteiger charge is -2.08. The van der Waals surface area contributed by atoms with E-state index in [-0.39, 0.29) is 30.1 Å². The SMILES string of the molecule is CCOC(=O)[C@H]1CC(=O)c2cc([N+](=O)[O-])ccc21. The van der Waals surface area contributed by atoms with Gasteiger partial charge in [-0.3, -0.25) is 19.7 Å². The molecule has 94 valence electrons. The molecular formula is C12H11NO5. The molecule has 18 heavy (non-hydrogen) atoms. The van der Waals surface area contributed by atoms with E-state index in [1.807, 2.05) is 0 Å². The third kappa shape index (κ3) is 1.97. The molecule has 0 fully saturated rings. The molecule has 0 bridgehead atoms. The van der Waals surface area contributed by atoms with Gasteiger partial charge in [0, 0.05) is 24.1 Å². The van der Waals surface area contributed by atoms with Crippen LogP contribution < -0.4 is 0 Å². The summed E-state index contributed by atoms with van der Waals surface area (Å²) in [6, 6.07) is 3.97. The Kier molecular flexibility index (Phi) is 3.10. The van der Waals surface area contributed by atoms with Gasteiger partial charge in [0.1, 0.15) is 0 Å². The van der Waals surface area contributed by atoms with E-state index in [1.54, 1.807) is 6.92 Å². The van der Waals surface area contributed by atoms with Crippen molar-refractivity contribution in [3.8, 4) is 0 Å². The molecule has 0 heterocycles. The lowest BCUT2D eigenvalue weighted by atomic mass is 10.0. The second-order valence-corrected chi connectivity index (χ2v) is 3.96. The van der Waals surface area contributed by atoms with Gasteiger partial charge in [-0.2, -0.15) is 0 Å². The predicted octanol–water partition coefficient (Wildman–Crippen LogP) is 1.83. The summed E-state index contributed by atoms with van der Waals surface area (Å²) in [4.78, 5) is 33.5. The average molecular weight is 249 g/mol. The first kappa shape index (κ1) is 12.2. The number of fused-ring (bicyclic) bond motifs is 1. The van der Waals surface area contributed by atoms with Crippen molar-refractivity contribution >= 4 is 17.4 Å². The fraction of sp³-hybridized carbons (Fsp3) is 0.333. The molecule has 1 aliphatic rings. The van der Waals surface area contributed by atoms with Crippen LogP contribution in [0.25, 0.3) is 0 Å². The molecule has 0 amide bonds. The number of nitro benzene ring substituents is 1. The number of hydrogen-bond acceptors (Lipinski definition) is 5. The fourth-order valence-electron chi connectivity index (χ4n) is 2.06. The molecule has 1 aliphatic carbocycles. The van der Waals surface area contributed by atoms with Gasteiger partial charge in [-0.05, 0) is 12.5 Å². The summed E-state index contributed by atoms with van der Waals surface area (Å²) in [6.45, 7) is 1.93. The van der Waals surface area contributed by atoms with E-state index in [2.05, 4.69) is 0 Å². The van der Waals surface area contributed by atoms with Crippen LogP contribution >= 0.6 is 0 Å². The second kappa shape index (κ2) is 4.56. The van der Waals surface area contributed by atoms with Crippen molar-refractivity contribution < 1.29 is 19.2 Å². The van der Waals surface area contributed by atoms with Gasteiger partial charge in [-0.1, -0.05) is 6.07 Å². The van der Waals surface area contributed by atoms with Crippen LogP contribution in [0, 0.1) is 10.1 Å². The van der Waals surface area contributed by atoms with Gasteiger partial charge in [0.25, 0.3) is 5.69 Å². The Labute approximate surface area is 103 Å². The summed E-state index contributed by atoms with van der Waals surface area (Å²) in [7, 11) is 0. The topological polar surface area (TPSA) is 86.5 Å². The highest BCUT2D eigenvalue weighted by molar-refractivity contribution is 6.06. The predicted molar refractivity (Wildman–Crippen MR) is 61.4 cm³/mol. The van der Waals surface area contributed by atoms with Crippen molar-refractivity contribution in [3.05, 3.63) is 39.4 Å². The van der Waals surface area contributed by atoms with Gasteiger partial charge in [-0.15, -0.1) is 0 Å². The van der Waals surface area contributed by atoms with E-state index >= 15 is 0 Å². The highest BCUT2D eigenvalue weighted by atomic mass is 16.6. The Morgan fingerprint density at radius 3 is 2.89 bits per heavy atom. The molecule has 2 rings (SSSR count). The number of rotatable bonds is 3. The summed E-state index contributed by atoms with van der Waals surface area (Å²) in [5, 5.41) is 10.6. The largest absolute Gasteiger partial charge is 0.466 e. The van der Waals surface area contributed by atoms with E-state index in [1.165, 1.54) is 18.2 Å². The number of carbonyl (C=O) groups excluding carboxylic acids is 2. The Balaban J connectivity index is 2.39. The Hall–Kier alpha value is -2.24. The molecular weight excluding hydrogens is 238 g/mol. The number of nitrogens with zero attached hydrogens (tertiary/aromatic N) is 1. The number of non-ortho nitro benzene ring substituents is 1. The molecule has 6 nitrogen and oxygen atoms in total. The quantitative estimate of drug-likeness (QED) is 0.463. The number of benzene rings is 1. The van der Waals surface area contributed by atoms with Crippen LogP contribution in [0.4, 0.5) is 5.69 Å². The van der Waals surface area contributed by atoms with Crippen LogP contribution in [0.1, 0.15) is 35.2 Å². The molecule has 1 atom stereocenters. The first-order valence-corrected chi connectivity index (χ1v) is 5.52. The minimum absolute atomic E-state index is 0.0231. The standard InChI is InChI=1S/C12H11NO5/c1-2-18-12(15)10-6-11(14)9-5-7(13(16)17)3-4-8(9)10/h3-5,10H,2,6H2,1H3/t10-/m0/s1. The van der Waals surface area contributed by atoms with Gasteiger partial charge < -0.3 is 4.74 Å². The number of ether oxygens (including phenoxy) is 1. The van der Waals surface area contributed by atoms with Gasteiger partial charge in [0.05, 0.1) is 17.4 Å². The van der Waals surface area contributed by atoms with Crippen LogP contribution in [-0.2, 0) is 9.53 Å². The summed E-state index contributed by atoms with van der Waals surface area (Å²) in [6.07, 6.45) is 0.0231. The number of esters is 1. The Bertz CT molecular complexity index is 537. The zero-order valence-corrected chi connectivity index (χ0v) is 9.71. The number of ketones is 1. The molecule has 0 aromatic heterocycles. The van der Waals surface area contributed by atoms with E-state index in [9.17, 15) is 19.7 Å². The summed E-state index contributed by atoms with van der Waals surface area (Å²) in [5.74, 6) is -1.35. The number of carbonyl (C=O) groups is 2. The number of hydrogen-bond donors (Lipinski definition) is 0. The minimum Gasteiger partial charge on any atom is -0.466 e. The maximum atomic E-state index is 11.7. The molecule has 0 saturated heterocycles. The first-order valence-electron chi connectivity index (χ1n) is 5.52. The Morgan fingerprint density at radius 1 is 1.56 bits per heavy atom. The normalized spacial score (nSPS) is 17.4. The van der Waals surface area contributed by atoms with Gasteiger partial charge in [-0.25, -0.2) is 0 Å². The molecule has 0 spiro atoms. The van der Waals surface area contributed by atoms with Crippen molar-refractivity contribution in [3.63, 3.8) is 0 Å². The molecule has 0 unspecified atom stereocenters. The third-order valence-electron chi connectivity index (χ3n) is 2.88. The van der Waals surface area contributed by atoms with Crippen LogP contribution in [0.2, 0.25) is 0 Å². The Morgan fingerprint density at radius 2 is 2.28 bits per heavy atom. The van der Waals surface area contributed by atoms with E-state index < -0.39 is 16.8 Å². The smallest absolute Gasteiger partial charge is 0.313 e. The summed E-state index contributed by atoms with van der Waals surface area (Å²) < 4.78 is 4.88. The maximum Gasteiger partial charge on any atom is 0.313 e. The fourth-order valence-corrected chi connectivity index (χ4v) is 2.06. The maximum absolute atomic E-state index is 11.7. The van der Waals surface area contributed by atoms with Crippen molar-refractivity contribution in [2.45, 2.75) is 19.3 Å². The molecule has 0 N–H and O–H groups in total. The zero-order valence-electron chi connectivity index (χ0n) is 9.71. The molecule has 0 aliphatic heterocycles. The van der Waals surface area contributed by atoms with Crippen LogP contribution in [-0.4, -0.2) is 23.3 Å². The van der Waals surface area contributed by atoms with Crippen molar-refractivity contribution in [1.29, 1.82) is 0 Å². The van der Waals surface area contributed by atoms with Crippen LogP contribution in [0.3, 0.4) is 0 Å². The highest BCUT2D eigenvalue weighted by Crippen LogP contribution is 2.35. The second-order valence-electron chi connectivity index (χ2n) is 3.96. The highest BCUT2D eigenvalue weighted by Gasteiger charge is 2.36. The monoisotopic (exact) mass is 249 g/mol. The first-order chi connectivity index (χ1) is 8.54. The van der Waals surface area contributed by atoms with Crippen molar-refractivity contribution in [1.82, 2.24) is 0 Å². The van der Waals surface area contributed by atoms with Crippen LogP contribution in [0.15, 0.2) is 18.2 Å². The van der Waals surface area contributed by atoms with Gasteiger partial charge >= 0.3 is 5.97 Å².